The van der Waals surface area contributed by atoms with Crippen molar-refractivity contribution in [2.45, 2.75) is 30.5 Å². The molecular weight excluding hydrogens is 204 g/mol. The van der Waals surface area contributed by atoms with E-state index in [2.05, 4.69) is 15.9 Å². The van der Waals surface area contributed by atoms with Crippen molar-refractivity contribution in [1.82, 2.24) is 0 Å². The molecule has 1 saturated heterocycles. The number of halogens is 1. The van der Waals surface area contributed by atoms with E-state index in [1.807, 2.05) is 0 Å². The van der Waals surface area contributed by atoms with Gasteiger partial charge in [0, 0.05) is 18.0 Å². The molecular formula is C9H15BrO. The molecule has 0 aromatic rings. The van der Waals surface area contributed by atoms with Gasteiger partial charge in [0.15, 0.2) is 0 Å². The number of alkyl halides is 1. The lowest BCUT2D eigenvalue weighted by atomic mass is 9.90. The Bertz CT molecular complexity index is 132. The predicted octanol–water partition coefficient (Wildman–Crippen LogP) is 2.59. The van der Waals surface area contributed by atoms with Gasteiger partial charge in [-0.05, 0) is 31.1 Å². The van der Waals surface area contributed by atoms with Crippen LogP contribution in [0.1, 0.15) is 25.7 Å². The Kier molecular flexibility index (Phi) is 2.52. The average Bonchev–Trinajstić information content (AvgIpc) is 2.55. The second-order valence-electron chi connectivity index (χ2n) is 3.73. The zero-order valence-electron chi connectivity index (χ0n) is 6.76. The summed E-state index contributed by atoms with van der Waals surface area (Å²) in [5.41, 5.74) is 0. The summed E-state index contributed by atoms with van der Waals surface area (Å²) >= 11 is 3.76. The van der Waals surface area contributed by atoms with Crippen molar-refractivity contribution in [3.8, 4) is 0 Å². The highest BCUT2D eigenvalue weighted by Crippen LogP contribution is 2.39. The maximum atomic E-state index is 5.40. The number of rotatable bonds is 1. The van der Waals surface area contributed by atoms with Crippen LogP contribution in [0.4, 0.5) is 0 Å². The first-order valence-electron chi connectivity index (χ1n) is 4.60. The summed E-state index contributed by atoms with van der Waals surface area (Å²) in [7, 11) is 0. The van der Waals surface area contributed by atoms with Crippen LogP contribution in [0.2, 0.25) is 0 Å². The quantitative estimate of drug-likeness (QED) is 0.616. The lowest BCUT2D eigenvalue weighted by Gasteiger charge is -2.19. The highest BCUT2D eigenvalue weighted by atomic mass is 79.9. The summed E-state index contributed by atoms with van der Waals surface area (Å²) < 4.78 is 5.40. The van der Waals surface area contributed by atoms with E-state index in [4.69, 9.17) is 4.74 Å². The molecule has 3 unspecified atom stereocenters. The fourth-order valence-electron chi connectivity index (χ4n) is 2.36. The maximum Gasteiger partial charge on any atom is 0.0498 e. The van der Waals surface area contributed by atoms with E-state index in [1.54, 1.807) is 0 Å². The van der Waals surface area contributed by atoms with E-state index >= 15 is 0 Å². The summed E-state index contributed by atoms with van der Waals surface area (Å²) in [5.74, 6) is 1.78. The van der Waals surface area contributed by atoms with Crippen molar-refractivity contribution in [2.24, 2.45) is 11.8 Å². The third-order valence-corrected chi connectivity index (χ3v) is 4.19. The Hall–Kier alpha value is 0.440. The lowest BCUT2D eigenvalue weighted by molar-refractivity contribution is 0.173. The third kappa shape index (κ3) is 1.62. The van der Waals surface area contributed by atoms with Crippen molar-refractivity contribution >= 4 is 15.9 Å². The fraction of sp³-hybridized carbons (Fsp3) is 1.00. The molecule has 0 radical (unpaired) electrons. The maximum absolute atomic E-state index is 5.40. The molecule has 0 amide bonds. The summed E-state index contributed by atoms with van der Waals surface area (Å²) in [6.07, 6.45) is 5.51. The molecule has 3 atom stereocenters. The Morgan fingerprint density at radius 1 is 1.18 bits per heavy atom. The van der Waals surface area contributed by atoms with Gasteiger partial charge in [0.2, 0.25) is 0 Å². The number of ether oxygens (including phenoxy) is 1. The van der Waals surface area contributed by atoms with Crippen molar-refractivity contribution in [1.29, 1.82) is 0 Å². The zero-order valence-corrected chi connectivity index (χ0v) is 8.35. The Morgan fingerprint density at radius 3 is 2.64 bits per heavy atom. The molecule has 2 aliphatic rings. The fourth-order valence-corrected chi connectivity index (χ4v) is 3.38. The van der Waals surface area contributed by atoms with Crippen molar-refractivity contribution in [3.05, 3.63) is 0 Å². The van der Waals surface area contributed by atoms with Crippen LogP contribution in [-0.4, -0.2) is 18.0 Å². The molecule has 1 saturated carbocycles. The largest absolute Gasteiger partial charge is 0.381 e. The van der Waals surface area contributed by atoms with Gasteiger partial charge < -0.3 is 4.74 Å². The van der Waals surface area contributed by atoms with Gasteiger partial charge >= 0.3 is 0 Å². The number of hydrogen-bond acceptors (Lipinski definition) is 1. The van der Waals surface area contributed by atoms with Gasteiger partial charge in [-0.1, -0.05) is 22.4 Å². The van der Waals surface area contributed by atoms with Crippen LogP contribution in [0.5, 0.6) is 0 Å². The Balaban J connectivity index is 1.92. The molecule has 0 spiro atoms. The van der Waals surface area contributed by atoms with Crippen LogP contribution in [0.25, 0.3) is 0 Å². The second-order valence-corrected chi connectivity index (χ2v) is 4.91. The van der Waals surface area contributed by atoms with Gasteiger partial charge in [0.25, 0.3) is 0 Å². The van der Waals surface area contributed by atoms with E-state index < -0.39 is 0 Å². The molecule has 2 fully saturated rings. The van der Waals surface area contributed by atoms with Crippen LogP contribution >= 0.6 is 15.9 Å². The van der Waals surface area contributed by atoms with Crippen LogP contribution in [0.15, 0.2) is 0 Å². The van der Waals surface area contributed by atoms with Gasteiger partial charge in [-0.2, -0.15) is 0 Å². The number of hydrogen-bond donors (Lipinski definition) is 0. The molecule has 2 heteroatoms. The molecule has 1 nitrogen and oxygen atoms in total. The van der Waals surface area contributed by atoms with Crippen molar-refractivity contribution < 1.29 is 4.74 Å². The van der Waals surface area contributed by atoms with E-state index in [1.165, 1.54) is 25.7 Å². The molecule has 0 aromatic heterocycles. The molecule has 1 aliphatic carbocycles. The molecule has 0 N–H and O–H groups in total. The molecule has 1 heterocycles. The first-order chi connectivity index (χ1) is 5.38. The smallest absolute Gasteiger partial charge is 0.0498 e. The molecule has 0 bridgehead atoms. The standard InChI is InChI=1S/C9H15BrO/c10-9-3-1-2-8(9)7-4-5-11-6-7/h7-9H,1-6H2. The molecule has 11 heavy (non-hydrogen) atoms. The van der Waals surface area contributed by atoms with Crippen molar-refractivity contribution in [2.75, 3.05) is 13.2 Å². The normalized spacial score (nSPS) is 45.0. The van der Waals surface area contributed by atoms with Gasteiger partial charge in [-0.15, -0.1) is 0 Å². The average molecular weight is 219 g/mol. The molecule has 2 rings (SSSR count). The monoisotopic (exact) mass is 218 g/mol. The molecule has 64 valence electrons. The first-order valence-corrected chi connectivity index (χ1v) is 5.51. The Labute approximate surface area is 76.6 Å². The van der Waals surface area contributed by atoms with Crippen LogP contribution < -0.4 is 0 Å². The second kappa shape index (κ2) is 3.44. The predicted molar refractivity (Wildman–Crippen MR) is 49.0 cm³/mol. The van der Waals surface area contributed by atoms with E-state index in [0.29, 0.717) is 0 Å². The molecule has 1 aliphatic heterocycles. The minimum Gasteiger partial charge on any atom is -0.381 e. The van der Waals surface area contributed by atoms with Gasteiger partial charge in [0.1, 0.15) is 0 Å². The minimum absolute atomic E-state index is 0.786. The van der Waals surface area contributed by atoms with Gasteiger partial charge in [-0.3, -0.25) is 0 Å². The van der Waals surface area contributed by atoms with Crippen molar-refractivity contribution in [3.63, 3.8) is 0 Å². The highest BCUT2D eigenvalue weighted by molar-refractivity contribution is 9.09. The summed E-state index contributed by atoms with van der Waals surface area (Å²) in [4.78, 5) is 0.786. The SMILES string of the molecule is BrC1CCCC1C1CCOC1. The first kappa shape index (κ1) is 8.06. The Morgan fingerprint density at radius 2 is 2.09 bits per heavy atom. The van der Waals surface area contributed by atoms with Gasteiger partial charge in [0.05, 0.1) is 0 Å². The lowest BCUT2D eigenvalue weighted by Crippen LogP contribution is -2.18. The molecule has 0 aromatic carbocycles. The topological polar surface area (TPSA) is 9.23 Å². The van der Waals surface area contributed by atoms with E-state index in [9.17, 15) is 0 Å². The highest BCUT2D eigenvalue weighted by Gasteiger charge is 2.33. The summed E-state index contributed by atoms with van der Waals surface area (Å²) in [5, 5.41) is 0. The minimum atomic E-state index is 0.786. The summed E-state index contributed by atoms with van der Waals surface area (Å²) in [6.45, 7) is 2.02. The van der Waals surface area contributed by atoms with Crippen LogP contribution in [0, 0.1) is 11.8 Å². The van der Waals surface area contributed by atoms with Crippen LogP contribution in [-0.2, 0) is 4.74 Å². The summed E-state index contributed by atoms with van der Waals surface area (Å²) in [6, 6.07) is 0. The third-order valence-electron chi connectivity index (χ3n) is 3.05. The van der Waals surface area contributed by atoms with Crippen LogP contribution in [0.3, 0.4) is 0 Å². The van der Waals surface area contributed by atoms with Gasteiger partial charge in [-0.25, -0.2) is 0 Å². The zero-order chi connectivity index (χ0) is 7.68. The van der Waals surface area contributed by atoms with E-state index in [-0.39, 0.29) is 0 Å². The van der Waals surface area contributed by atoms with E-state index in [0.717, 1.165) is 29.9 Å².